The normalized spacial score (nSPS) is 18.1. The topological polar surface area (TPSA) is 34.1 Å². The molecule has 1 aromatic carbocycles. The van der Waals surface area contributed by atoms with Gasteiger partial charge in [-0.25, -0.2) is 8.42 Å². The van der Waals surface area contributed by atoms with Gasteiger partial charge in [0.2, 0.25) is 9.84 Å². The average Bonchev–Trinajstić information content (AvgIpc) is 2.36. The summed E-state index contributed by atoms with van der Waals surface area (Å²) in [7, 11) is -2.90. The maximum Gasteiger partial charge on any atom is 0.209 e. The van der Waals surface area contributed by atoms with E-state index in [0.717, 1.165) is 5.56 Å². The van der Waals surface area contributed by atoms with Crippen molar-refractivity contribution in [2.45, 2.75) is 16.7 Å². The van der Waals surface area contributed by atoms with E-state index in [1.165, 1.54) is 0 Å². The molecule has 0 bridgehead atoms. The van der Waals surface area contributed by atoms with Crippen molar-refractivity contribution in [3.05, 3.63) is 23.8 Å². The van der Waals surface area contributed by atoms with Crippen LogP contribution in [-0.4, -0.2) is 8.42 Å². The van der Waals surface area contributed by atoms with Crippen molar-refractivity contribution in [1.82, 2.24) is 0 Å². The molecule has 1 heterocycles. The SMILES string of the molecule is Cc1ccc2c(c1)S2(=O)=O. The summed E-state index contributed by atoms with van der Waals surface area (Å²) in [6, 6.07) is 5.16. The number of hydrogen-bond donors (Lipinski definition) is 0. The molecule has 0 aliphatic carbocycles. The summed E-state index contributed by atoms with van der Waals surface area (Å²) in [6.45, 7) is 1.88. The van der Waals surface area contributed by atoms with Gasteiger partial charge in [0.25, 0.3) is 0 Å². The first-order chi connectivity index (χ1) is 4.62. The second-order valence-corrected chi connectivity index (χ2v) is 4.34. The molecule has 10 heavy (non-hydrogen) atoms. The molecule has 1 aromatic rings. The van der Waals surface area contributed by atoms with Crippen LogP contribution in [-0.2, 0) is 9.84 Å². The van der Waals surface area contributed by atoms with E-state index in [1.807, 2.05) is 13.0 Å². The van der Waals surface area contributed by atoms with E-state index in [2.05, 4.69) is 0 Å². The third-order valence-electron chi connectivity index (χ3n) is 1.64. The molecule has 0 fully saturated rings. The van der Waals surface area contributed by atoms with Crippen LogP contribution in [0.4, 0.5) is 0 Å². The minimum absolute atomic E-state index is 0.498. The summed E-state index contributed by atoms with van der Waals surface area (Å²) < 4.78 is 21.8. The Bertz CT molecular complexity index is 390. The van der Waals surface area contributed by atoms with Crippen molar-refractivity contribution in [2.75, 3.05) is 0 Å². The molecule has 0 spiro atoms. The van der Waals surface area contributed by atoms with E-state index >= 15 is 0 Å². The zero-order valence-electron chi connectivity index (χ0n) is 5.46. The fourth-order valence-corrected chi connectivity index (χ4v) is 2.37. The van der Waals surface area contributed by atoms with Gasteiger partial charge in [0, 0.05) is 0 Å². The summed E-state index contributed by atoms with van der Waals surface area (Å²) in [5.74, 6) is 0. The monoisotopic (exact) mass is 154 g/mol. The molecule has 3 heteroatoms. The Labute approximate surface area is 59.4 Å². The van der Waals surface area contributed by atoms with Gasteiger partial charge in [-0.2, -0.15) is 0 Å². The molecule has 0 unspecified atom stereocenters. The second-order valence-electron chi connectivity index (χ2n) is 2.45. The van der Waals surface area contributed by atoms with Crippen molar-refractivity contribution in [3.63, 3.8) is 0 Å². The highest BCUT2D eigenvalue weighted by Gasteiger charge is 2.38. The minimum atomic E-state index is -2.90. The lowest BCUT2D eigenvalue weighted by atomic mass is 10.2. The summed E-state index contributed by atoms with van der Waals surface area (Å²) in [5, 5.41) is 0. The Hall–Kier alpha value is -0.830. The molecule has 0 saturated heterocycles. The van der Waals surface area contributed by atoms with Gasteiger partial charge in [-0.1, -0.05) is 6.07 Å². The molecule has 0 aromatic heterocycles. The highest BCUT2D eigenvalue weighted by Crippen LogP contribution is 2.39. The van der Waals surface area contributed by atoms with Crippen LogP contribution >= 0.6 is 0 Å². The van der Waals surface area contributed by atoms with Gasteiger partial charge in [-0.05, 0) is 24.6 Å². The third-order valence-corrected chi connectivity index (χ3v) is 3.28. The van der Waals surface area contributed by atoms with Crippen LogP contribution in [0.2, 0.25) is 0 Å². The van der Waals surface area contributed by atoms with Crippen molar-refractivity contribution in [1.29, 1.82) is 0 Å². The molecule has 52 valence electrons. The smallest absolute Gasteiger partial charge is 0.209 e. The summed E-state index contributed by atoms with van der Waals surface area (Å²) in [6.07, 6.45) is 0. The predicted molar refractivity (Wildman–Crippen MR) is 36.6 cm³/mol. The van der Waals surface area contributed by atoms with Gasteiger partial charge < -0.3 is 0 Å². The molecule has 0 amide bonds. The van der Waals surface area contributed by atoms with Crippen molar-refractivity contribution < 1.29 is 8.42 Å². The lowest BCUT2D eigenvalue weighted by Crippen LogP contribution is -1.66. The van der Waals surface area contributed by atoms with Gasteiger partial charge in [0.15, 0.2) is 0 Å². The third kappa shape index (κ3) is 0.555. The van der Waals surface area contributed by atoms with E-state index in [9.17, 15) is 8.42 Å². The Kier molecular flexibility index (Phi) is 0.843. The van der Waals surface area contributed by atoms with Gasteiger partial charge in [-0.15, -0.1) is 0 Å². The molecule has 0 N–H and O–H groups in total. The van der Waals surface area contributed by atoms with Crippen molar-refractivity contribution in [2.24, 2.45) is 0 Å². The lowest BCUT2D eigenvalue weighted by molar-refractivity contribution is 0.612. The number of hydrogen-bond acceptors (Lipinski definition) is 2. The molecule has 0 atom stereocenters. The second kappa shape index (κ2) is 1.42. The fraction of sp³-hybridized carbons (Fsp3) is 0.143. The van der Waals surface area contributed by atoms with Crippen LogP contribution in [0.25, 0.3) is 0 Å². The van der Waals surface area contributed by atoms with Gasteiger partial charge in [0.1, 0.15) is 0 Å². The zero-order chi connectivity index (χ0) is 7.35. The molecule has 2 nitrogen and oxygen atoms in total. The lowest BCUT2D eigenvalue weighted by Gasteiger charge is -1.79. The van der Waals surface area contributed by atoms with Crippen LogP contribution in [0.5, 0.6) is 0 Å². The molecular weight excluding hydrogens is 148 g/mol. The summed E-state index contributed by atoms with van der Waals surface area (Å²) >= 11 is 0. The van der Waals surface area contributed by atoms with E-state index in [4.69, 9.17) is 0 Å². The number of benzene rings is 1. The minimum Gasteiger partial charge on any atom is -0.218 e. The highest BCUT2D eigenvalue weighted by atomic mass is 32.2. The molecule has 1 aliphatic heterocycles. The fourth-order valence-electron chi connectivity index (χ4n) is 1.01. The summed E-state index contributed by atoms with van der Waals surface area (Å²) in [4.78, 5) is 1.01. The first-order valence-corrected chi connectivity index (χ1v) is 4.46. The van der Waals surface area contributed by atoms with Crippen LogP contribution in [0.3, 0.4) is 0 Å². The number of rotatable bonds is 0. The van der Waals surface area contributed by atoms with Crippen LogP contribution < -0.4 is 0 Å². The quantitative estimate of drug-likeness (QED) is 0.533. The van der Waals surface area contributed by atoms with E-state index in [1.54, 1.807) is 12.1 Å². The Morgan fingerprint density at radius 2 is 1.90 bits per heavy atom. The van der Waals surface area contributed by atoms with Crippen LogP contribution in [0.1, 0.15) is 5.56 Å². The largest absolute Gasteiger partial charge is 0.218 e. The molecular formula is C7H6O2S. The molecule has 1 aliphatic rings. The van der Waals surface area contributed by atoms with Gasteiger partial charge in [-0.3, -0.25) is 0 Å². The summed E-state index contributed by atoms with van der Waals surface area (Å²) in [5.41, 5.74) is 1.000. The van der Waals surface area contributed by atoms with E-state index in [0.29, 0.717) is 9.79 Å². The number of sulfone groups is 1. The van der Waals surface area contributed by atoms with Crippen molar-refractivity contribution in [3.8, 4) is 0 Å². The number of fused-ring (bicyclic) bond motifs is 1. The Balaban J connectivity index is 2.77. The van der Waals surface area contributed by atoms with E-state index < -0.39 is 9.84 Å². The van der Waals surface area contributed by atoms with E-state index in [-0.39, 0.29) is 0 Å². The maximum absolute atomic E-state index is 10.9. The first kappa shape index (κ1) is 5.92. The maximum atomic E-state index is 10.9. The zero-order valence-corrected chi connectivity index (χ0v) is 6.27. The predicted octanol–water partition coefficient (Wildman–Crippen LogP) is 1.14. The average molecular weight is 154 g/mol. The highest BCUT2D eigenvalue weighted by molar-refractivity contribution is 7.97. The van der Waals surface area contributed by atoms with Gasteiger partial charge in [0.05, 0.1) is 9.79 Å². The molecule has 0 saturated carbocycles. The first-order valence-electron chi connectivity index (χ1n) is 2.98. The number of aryl methyl sites for hydroxylation is 1. The van der Waals surface area contributed by atoms with Crippen LogP contribution in [0, 0.1) is 6.92 Å². The molecule has 0 radical (unpaired) electrons. The molecule has 2 rings (SSSR count). The Morgan fingerprint density at radius 3 is 2.40 bits per heavy atom. The van der Waals surface area contributed by atoms with Crippen molar-refractivity contribution >= 4 is 9.84 Å². The standard InChI is InChI=1S/C7H6O2S/c1-5-2-3-6-7(4-5)10(6,8)9/h2-4H,1H3. The van der Waals surface area contributed by atoms with Gasteiger partial charge >= 0.3 is 0 Å². The Morgan fingerprint density at radius 1 is 1.20 bits per heavy atom. The van der Waals surface area contributed by atoms with Crippen LogP contribution in [0.15, 0.2) is 28.0 Å².